The van der Waals surface area contributed by atoms with E-state index >= 15 is 0 Å². The van der Waals surface area contributed by atoms with Crippen LogP contribution in [0.4, 0.5) is 0 Å². The van der Waals surface area contributed by atoms with Crippen molar-refractivity contribution < 1.29 is 26.8 Å². The third-order valence-corrected chi connectivity index (χ3v) is 29.4. The van der Waals surface area contributed by atoms with Crippen LogP contribution in [0.25, 0.3) is 66.4 Å². The Kier molecular flexibility index (Phi) is 12.1. The molecule has 0 atom stereocenters. The number of hydrogen-bond donors (Lipinski definition) is 0. The van der Waals surface area contributed by atoms with Gasteiger partial charge in [-0.2, -0.15) is 0 Å². The molecule has 0 aliphatic carbocycles. The number of furan rings is 2. The van der Waals surface area contributed by atoms with Crippen LogP contribution >= 0.6 is 17.0 Å². The van der Waals surface area contributed by atoms with Gasteiger partial charge in [-0.05, 0) is 88.1 Å². The zero-order chi connectivity index (χ0) is 37.1. The molecule has 6 heteroatoms. The molecule has 0 saturated heterocycles. The predicted octanol–water partition coefficient (Wildman–Crippen LogP) is 15.0. The average Bonchev–Trinajstić information content (AvgIpc) is 3.94. The summed E-state index contributed by atoms with van der Waals surface area (Å²) in [5.74, 6) is 3.77. The molecule has 0 radical (unpaired) electrons. The maximum Gasteiger partial charge on any atom is 0.0896 e. The first-order chi connectivity index (χ1) is 24.9. The van der Waals surface area contributed by atoms with Crippen molar-refractivity contribution in [3.05, 3.63) is 155 Å². The Bertz CT molecular complexity index is 2330. The van der Waals surface area contributed by atoms with Gasteiger partial charge in [0.15, 0.2) is 0 Å². The summed E-state index contributed by atoms with van der Waals surface area (Å²) < 4.78 is 11.6. The molecule has 0 fully saturated rings. The first kappa shape index (κ1) is 38.1. The van der Waals surface area contributed by atoms with Gasteiger partial charge >= 0.3 is 53.5 Å². The minimum Gasteiger partial charge on any atom is -0.496 e. The molecular formula is C46H44Cl2O2SiZr-2. The molecule has 0 bridgehead atoms. The SMILES string of the molecule is C[Si](C)=[Zr]([Cl])[Cl].Cc1ccc(-c2cc3c(-c4ccccc4)c(C)c(C)cc3[cH-]2)o1.Cc1ccc(-c2cc3c(-c4ccccc4)c(C)c(C)cc3[cH-]2)o1. The van der Waals surface area contributed by atoms with Crippen LogP contribution in [0.1, 0.15) is 33.8 Å². The summed E-state index contributed by atoms with van der Waals surface area (Å²) in [6.45, 7) is 17.1. The van der Waals surface area contributed by atoms with Gasteiger partial charge in [-0.3, -0.25) is 0 Å². The molecule has 2 aromatic heterocycles. The van der Waals surface area contributed by atoms with Crippen LogP contribution in [0.2, 0.25) is 13.1 Å². The van der Waals surface area contributed by atoms with E-state index in [1.165, 1.54) is 66.1 Å². The third kappa shape index (κ3) is 8.42. The fourth-order valence-electron chi connectivity index (χ4n) is 6.62. The molecule has 52 heavy (non-hydrogen) atoms. The number of fused-ring (bicyclic) bond motifs is 2. The van der Waals surface area contributed by atoms with Gasteiger partial charge in [-0.15, -0.1) is 57.9 Å². The molecule has 0 N–H and O–H groups in total. The molecule has 2 nitrogen and oxygen atoms in total. The van der Waals surface area contributed by atoms with E-state index in [0.717, 1.165) is 34.2 Å². The molecule has 0 amide bonds. The van der Waals surface area contributed by atoms with Crippen LogP contribution in [-0.2, 0) is 18.0 Å². The smallest absolute Gasteiger partial charge is 0.0896 e. The number of rotatable bonds is 4. The van der Waals surface area contributed by atoms with Crippen molar-refractivity contribution in [2.75, 3.05) is 0 Å². The molecule has 2 heterocycles. The maximum absolute atomic E-state index is 5.81. The quantitative estimate of drug-likeness (QED) is 0.131. The minimum absolute atomic E-state index is 0.224. The van der Waals surface area contributed by atoms with E-state index in [9.17, 15) is 0 Å². The summed E-state index contributed by atoms with van der Waals surface area (Å²) in [7, 11) is 11.2. The topological polar surface area (TPSA) is 26.3 Å². The fourth-order valence-corrected chi connectivity index (χ4v) is 6.62. The molecule has 6 aromatic carbocycles. The molecule has 0 aliphatic heterocycles. The van der Waals surface area contributed by atoms with Crippen LogP contribution in [0.3, 0.4) is 0 Å². The summed E-state index contributed by atoms with van der Waals surface area (Å²) in [6, 6.07) is 42.9. The molecule has 8 rings (SSSR count). The number of benzene rings is 4. The number of halogens is 2. The van der Waals surface area contributed by atoms with Gasteiger partial charge < -0.3 is 8.83 Å². The molecule has 0 spiro atoms. The van der Waals surface area contributed by atoms with Crippen molar-refractivity contribution in [2.45, 2.75) is 54.6 Å². The first-order valence-corrected chi connectivity index (χ1v) is 30.1. The van der Waals surface area contributed by atoms with Crippen molar-refractivity contribution in [1.29, 1.82) is 0 Å². The van der Waals surface area contributed by atoms with E-state index in [2.05, 4.69) is 138 Å². The first-order valence-electron chi connectivity index (χ1n) is 17.6. The van der Waals surface area contributed by atoms with Crippen LogP contribution in [0.5, 0.6) is 0 Å². The summed E-state index contributed by atoms with van der Waals surface area (Å²) in [5.41, 5.74) is 12.6. The Balaban J connectivity index is 0.000000155. The second kappa shape index (κ2) is 16.6. The Morgan fingerprint density at radius 2 is 0.885 bits per heavy atom. The van der Waals surface area contributed by atoms with E-state index in [-0.39, 0.29) is 5.43 Å². The van der Waals surface area contributed by atoms with Crippen LogP contribution < -0.4 is 0 Å². The van der Waals surface area contributed by atoms with Gasteiger partial charge in [-0.1, -0.05) is 94.0 Å². The average molecular weight is 819 g/mol. The standard InChI is InChI=1S/2C22H19O.C2H6Si.2ClH.Zr/c2*1-14-11-18-12-19(21-10-9-15(2)23-21)13-20(18)22(16(14)3)17-7-5-4-6-8-17;1-3-2;;;/h2*4-13H,1-3H3;1-2H3;2*1H;/q2*-1;;;;+2/p-2. The normalized spacial score (nSPS) is 10.9. The Hall–Kier alpha value is -3.66. The molecule has 0 unspecified atom stereocenters. The Morgan fingerprint density at radius 1 is 0.519 bits per heavy atom. The van der Waals surface area contributed by atoms with Gasteiger partial charge in [0.2, 0.25) is 0 Å². The van der Waals surface area contributed by atoms with Crippen molar-refractivity contribution in [1.82, 2.24) is 0 Å². The summed E-state index contributed by atoms with van der Waals surface area (Å²) in [6.07, 6.45) is 0. The molecular weight excluding hydrogens is 775 g/mol. The van der Waals surface area contributed by atoms with Crippen LogP contribution in [-0.4, -0.2) is 5.43 Å². The van der Waals surface area contributed by atoms with Gasteiger partial charge in [-0.25, -0.2) is 0 Å². The second-order valence-corrected chi connectivity index (χ2v) is 36.7. The predicted molar refractivity (Wildman–Crippen MR) is 223 cm³/mol. The van der Waals surface area contributed by atoms with Gasteiger partial charge in [0.05, 0.1) is 23.0 Å². The van der Waals surface area contributed by atoms with E-state index in [1.54, 1.807) is 0 Å². The minimum atomic E-state index is -1.65. The molecule has 264 valence electrons. The molecule has 0 aliphatic rings. The molecule has 8 aromatic rings. The van der Waals surface area contributed by atoms with Gasteiger partial charge in [0, 0.05) is 0 Å². The zero-order valence-corrected chi connectivity index (χ0v) is 36.1. The van der Waals surface area contributed by atoms with Crippen molar-refractivity contribution in [2.24, 2.45) is 0 Å². The van der Waals surface area contributed by atoms with Crippen molar-refractivity contribution >= 4 is 44.0 Å². The maximum atomic E-state index is 5.81. The third-order valence-electron chi connectivity index (χ3n) is 9.61. The summed E-state index contributed by atoms with van der Waals surface area (Å²) >= 11 is -1.65. The second-order valence-electron chi connectivity index (χ2n) is 13.7. The fraction of sp³-hybridized carbons (Fsp3) is 0.174. The van der Waals surface area contributed by atoms with Gasteiger partial charge in [0.25, 0.3) is 0 Å². The molecule has 0 saturated carbocycles. The van der Waals surface area contributed by atoms with Crippen molar-refractivity contribution in [3.8, 4) is 44.9 Å². The zero-order valence-electron chi connectivity index (χ0n) is 31.1. The van der Waals surface area contributed by atoms with E-state index in [1.807, 2.05) is 38.1 Å². The Morgan fingerprint density at radius 3 is 1.19 bits per heavy atom. The number of aryl methyl sites for hydroxylation is 4. The van der Waals surface area contributed by atoms with Crippen LogP contribution in [0.15, 0.2) is 130 Å². The largest absolute Gasteiger partial charge is 0.496 e. The number of hydrogen-bond acceptors (Lipinski definition) is 2. The van der Waals surface area contributed by atoms with Crippen molar-refractivity contribution in [3.63, 3.8) is 0 Å². The summed E-state index contributed by atoms with van der Waals surface area (Å²) in [5, 5.41) is 5.14. The monoisotopic (exact) mass is 816 g/mol. The van der Waals surface area contributed by atoms with Crippen LogP contribution in [0, 0.1) is 41.5 Å². The van der Waals surface area contributed by atoms with E-state index < -0.39 is 18.0 Å². The van der Waals surface area contributed by atoms with E-state index in [0.29, 0.717) is 0 Å². The Labute approximate surface area is 323 Å². The van der Waals surface area contributed by atoms with E-state index in [4.69, 9.17) is 25.9 Å². The summed E-state index contributed by atoms with van der Waals surface area (Å²) in [4.78, 5) is 0. The van der Waals surface area contributed by atoms with Gasteiger partial charge in [0.1, 0.15) is 0 Å².